The lowest BCUT2D eigenvalue weighted by atomic mass is 10.2. The Hall–Kier alpha value is -2.25. The molecule has 124 valence electrons. The van der Waals surface area contributed by atoms with Crippen LogP contribution in [0.1, 0.15) is 31.6 Å². The largest absolute Gasteiger partial charge is 0.387 e. The quantitative estimate of drug-likeness (QED) is 0.676. The number of nitrogens with zero attached hydrogens (tertiary/aromatic N) is 4. The molecule has 3 aromatic rings. The molecule has 1 aromatic carbocycles. The molecule has 4 rings (SSSR count). The molecule has 2 N–H and O–H groups in total. The van der Waals surface area contributed by atoms with Gasteiger partial charge in [-0.15, -0.1) is 10.2 Å². The van der Waals surface area contributed by atoms with E-state index in [1.165, 1.54) is 12.8 Å². The Bertz CT molecular complexity index is 876. The maximum Gasteiger partial charge on any atom is 0.187 e. The Balaban J connectivity index is 1.53. The Kier molecular flexibility index (Phi) is 4.03. The van der Waals surface area contributed by atoms with Crippen LogP contribution in [0.3, 0.4) is 0 Å². The van der Waals surface area contributed by atoms with Crippen LogP contribution in [-0.2, 0) is 0 Å². The summed E-state index contributed by atoms with van der Waals surface area (Å²) in [5.41, 5.74) is 2.57. The van der Waals surface area contributed by atoms with E-state index in [1.54, 1.807) is 24.5 Å². The van der Waals surface area contributed by atoms with Gasteiger partial charge in [0.05, 0.1) is 18.0 Å². The fourth-order valence-corrected chi connectivity index (χ4v) is 3.69. The highest BCUT2D eigenvalue weighted by Gasteiger charge is 2.15. The molecule has 1 saturated heterocycles. The molecular formula is C17H19N5OS. The van der Waals surface area contributed by atoms with Crippen LogP contribution < -0.4 is 4.90 Å². The molecule has 1 fully saturated rings. The molecule has 1 unspecified atom stereocenters. The fraction of sp³-hybridized carbons (Fsp3) is 0.353. The summed E-state index contributed by atoms with van der Waals surface area (Å²) in [5.74, 6) is 0. The number of azo groups is 1. The van der Waals surface area contributed by atoms with E-state index in [1.807, 2.05) is 24.3 Å². The van der Waals surface area contributed by atoms with Gasteiger partial charge in [-0.1, -0.05) is 11.3 Å². The van der Waals surface area contributed by atoms with Crippen LogP contribution in [0.15, 0.2) is 40.7 Å². The van der Waals surface area contributed by atoms with E-state index in [-0.39, 0.29) is 0 Å². The zero-order valence-electron chi connectivity index (χ0n) is 13.4. The van der Waals surface area contributed by atoms with Crippen molar-refractivity contribution in [3.05, 3.63) is 36.2 Å². The molecule has 0 radical (unpaired) electrons. The number of anilines is 1. The second-order valence-electron chi connectivity index (χ2n) is 6.05. The monoisotopic (exact) mass is 341 g/mol. The molecular weight excluding hydrogens is 322 g/mol. The molecule has 2 aromatic heterocycles. The Morgan fingerprint density at radius 3 is 2.88 bits per heavy atom. The lowest BCUT2D eigenvalue weighted by molar-refractivity contribution is 0.195. The molecule has 1 atom stereocenters. The Labute approximate surface area is 143 Å². The first-order valence-electron chi connectivity index (χ1n) is 8.12. The smallest absolute Gasteiger partial charge is 0.187 e. The van der Waals surface area contributed by atoms with Crippen molar-refractivity contribution in [2.45, 2.75) is 25.9 Å². The van der Waals surface area contributed by atoms with Crippen molar-refractivity contribution >= 4 is 38.1 Å². The summed E-state index contributed by atoms with van der Waals surface area (Å²) in [6.45, 7) is 3.91. The summed E-state index contributed by atoms with van der Waals surface area (Å²) < 4.78 is 0. The Morgan fingerprint density at radius 2 is 2.08 bits per heavy atom. The van der Waals surface area contributed by atoms with Gasteiger partial charge >= 0.3 is 0 Å². The number of aromatic nitrogens is 2. The van der Waals surface area contributed by atoms with E-state index in [0.717, 1.165) is 45.5 Å². The zero-order chi connectivity index (χ0) is 16.5. The lowest BCUT2D eigenvalue weighted by Crippen LogP contribution is -2.16. The van der Waals surface area contributed by atoms with Gasteiger partial charge in [0.15, 0.2) is 10.1 Å². The number of fused-ring (bicyclic) bond motifs is 1. The summed E-state index contributed by atoms with van der Waals surface area (Å²) in [5, 5.41) is 21.2. The molecule has 0 spiro atoms. The van der Waals surface area contributed by atoms with Crippen LogP contribution in [0.4, 0.5) is 15.8 Å². The first kappa shape index (κ1) is 15.3. The highest BCUT2D eigenvalue weighted by molar-refractivity contribution is 7.19. The van der Waals surface area contributed by atoms with E-state index in [2.05, 4.69) is 25.1 Å². The van der Waals surface area contributed by atoms with Crippen molar-refractivity contribution < 1.29 is 5.11 Å². The van der Waals surface area contributed by atoms with Gasteiger partial charge in [-0.25, -0.2) is 4.98 Å². The number of nitrogens with one attached hydrogen (secondary N) is 1. The summed E-state index contributed by atoms with van der Waals surface area (Å²) in [7, 11) is 0. The average molecular weight is 341 g/mol. The third-order valence-electron chi connectivity index (χ3n) is 4.20. The molecule has 6 nitrogen and oxygen atoms in total. The number of aromatic amines is 1. The number of aliphatic hydroxyl groups excluding tert-OH is 1. The van der Waals surface area contributed by atoms with E-state index < -0.39 is 6.10 Å². The molecule has 0 bridgehead atoms. The van der Waals surface area contributed by atoms with Crippen LogP contribution >= 0.6 is 11.3 Å². The highest BCUT2D eigenvalue weighted by atomic mass is 32.1. The average Bonchev–Trinajstić information content (AvgIpc) is 3.30. The summed E-state index contributed by atoms with van der Waals surface area (Å²) in [6.07, 6.45) is 3.74. The predicted octanol–water partition coefficient (Wildman–Crippen LogP) is 4.69. The fourth-order valence-electron chi connectivity index (χ4n) is 2.89. The SMILES string of the molecule is CC(O)c1cc2cc(N=Nc3cnc(N4CCCC4)s3)ccc2[nH]1. The molecule has 3 heterocycles. The minimum absolute atomic E-state index is 0.510. The number of hydrogen-bond donors (Lipinski definition) is 2. The number of rotatable bonds is 4. The van der Waals surface area contributed by atoms with E-state index in [4.69, 9.17) is 0 Å². The van der Waals surface area contributed by atoms with Crippen molar-refractivity contribution in [2.24, 2.45) is 10.2 Å². The predicted molar refractivity (Wildman–Crippen MR) is 96.7 cm³/mol. The maximum absolute atomic E-state index is 9.66. The molecule has 0 aliphatic carbocycles. The van der Waals surface area contributed by atoms with E-state index >= 15 is 0 Å². The van der Waals surface area contributed by atoms with Gasteiger partial charge in [0, 0.05) is 29.7 Å². The molecule has 0 saturated carbocycles. The number of thiazole rings is 1. The van der Waals surface area contributed by atoms with Gasteiger partial charge in [0.25, 0.3) is 0 Å². The molecule has 7 heteroatoms. The number of benzene rings is 1. The van der Waals surface area contributed by atoms with Gasteiger partial charge < -0.3 is 15.0 Å². The maximum atomic E-state index is 9.66. The third kappa shape index (κ3) is 3.05. The summed E-state index contributed by atoms with van der Waals surface area (Å²) >= 11 is 1.58. The van der Waals surface area contributed by atoms with Gasteiger partial charge in [-0.3, -0.25) is 0 Å². The topological polar surface area (TPSA) is 76.9 Å². The first-order valence-corrected chi connectivity index (χ1v) is 8.94. The van der Waals surface area contributed by atoms with Crippen molar-refractivity contribution in [2.75, 3.05) is 18.0 Å². The van der Waals surface area contributed by atoms with Crippen molar-refractivity contribution in [3.8, 4) is 0 Å². The number of H-pyrrole nitrogens is 1. The summed E-state index contributed by atoms with van der Waals surface area (Å²) in [4.78, 5) is 9.93. The summed E-state index contributed by atoms with van der Waals surface area (Å²) in [6, 6.07) is 7.77. The first-order chi connectivity index (χ1) is 11.7. The standard InChI is InChI=1S/C17H19N5OS/c1-11(23)15-9-12-8-13(4-5-14(12)19-15)20-21-16-10-18-17(24-16)22-6-2-3-7-22/h4-5,8-11,19,23H,2-3,6-7H2,1H3. The van der Waals surface area contributed by atoms with Gasteiger partial charge in [0.1, 0.15) is 0 Å². The molecule has 1 aliphatic heterocycles. The molecule has 1 aliphatic rings. The number of hydrogen-bond acceptors (Lipinski definition) is 6. The number of aliphatic hydroxyl groups is 1. The van der Waals surface area contributed by atoms with Gasteiger partial charge in [0.2, 0.25) is 0 Å². The van der Waals surface area contributed by atoms with E-state index in [9.17, 15) is 5.11 Å². The van der Waals surface area contributed by atoms with Crippen molar-refractivity contribution in [3.63, 3.8) is 0 Å². The van der Waals surface area contributed by atoms with Crippen LogP contribution in [-0.4, -0.2) is 28.2 Å². The molecule has 0 amide bonds. The molecule has 24 heavy (non-hydrogen) atoms. The van der Waals surface area contributed by atoms with Crippen LogP contribution in [0.5, 0.6) is 0 Å². The van der Waals surface area contributed by atoms with Gasteiger partial charge in [-0.05, 0) is 44.0 Å². The third-order valence-corrected chi connectivity index (χ3v) is 5.14. The highest BCUT2D eigenvalue weighted by Crippen LogP contribution is 2.32. The van der Waals surface area contributed by atoms with Gasteiger partial charge in [-0.2, -0.15) is 0 Å². The normalized spacial score (nSPS) is 16.5. The zero-order valence-corrected chi connectivity index (χ0v) is 14.3. The second-order valence-corrected chi connectivity index (χ2v) is 7.03. The lowest BCUT2D eigenvalue weighted by Gasteiger charge is -2.11. The van der Waals surface area contributed by atoms with E-state index in [0.29, 0.717) is 0 Å². The van der Waals surface area contributed by atoms with Crippen LogP contribution in [0.25, 0.3) is 10.9 Å². The van der Waals surface area contributed by atoms with Crippen LogP contribution in [0.2, 0.25) is 0 Å². The minimum atomic E-state index is -0.510. The Morgan fingerprint density at radius 1 is 1.25 bits per heavy atom. The minimum Gasteiger partial charge on any atom is -0.387 e. The van der Waals surface area contributed by atoms with Crippen LogP contribution in [0, 0.1) is 0 Å². The van der Waals surface area contributed by atoms with Crippen molar-refractivity contribution in [1.29, 1.82) is 0 Å². The second kappa shape index (κ2) is 6.33. The van der Waals surface area contributed by atoms with Crippen molar-refractivity contribution in [1.82, 2.24) is 9.97 Å².